The molecule has 0 saturated carbocycles. The maximum atomic E-state index is 9.55. The summed E-state index contributed by atoms with van der Waals surface area (Å²) in [6.45, 7) is 20.5. The largest absolute Gasteiger partial charge is 0.496 e. The van der Waals surface area contributed by atoms with Gasteiger partial charge in [0.15, 0.2) is 12.6 Å². The molecule has 2 aromatic carbocycles. The van der Waals surface area contributed by atoms with E-state index < -0.39 is 12.6 Å². The van der Waals surface area contributed by atoms with Crippen LogP contribution in [-0.2, 0) is 22.3 Å². The number of aryl methyl sites for hydroxylation is 2. The second-order valence-corrected chi connectivity index (χ2v) is 10.2. The Balaban J connectivity index is 0.000000675. The molecule has 6 nitrogen and oxygen atoms in total. The number of rotatable bonds is 12. The zero-order chi connectivity index (χ0) is 31.2. The van der Waals surface area contributed by atoms with Gasteiger partial charge >= 0.3 is 0 Å². The number of aliphatic hydroxyl groups excluding tert-OH is 2. The summed E-state index contributed by atoms with van der Waals surface area (Å²) in [6, 6.07) is 12.5. The van der Waals surface area contributed by atoms with Crippen LogP contribution in [0.25, 0.3) is 0 Å². The summed E-state index contributed by atoms with van der Waals surface area (Å²) in [5, 5.41) is 19.1. The van der Waals surface area contributed by atoms with Crippen molar-refractivity contribution in [2.75, 3.05) is 26.9 Å². The van der Waals surface area contributed by atoms with Gasteiger partial charge in [-0.05, 0) is 79.3 Å². The van der Waals surface area contributed by atoms with E-state index in [1.165, 1.54) is 28.7 Å². The van der Waals surface area contributed by atoms with Gasteiger partial charge in [-0.25, -0.2) is 0 Å². The van der Waals surface area contributed by atoms with Crippen LogP contribution >= 0.6 is 0 Å². The zero-order valence-corrected chi connectivity index (χ0v) is 27.7. The number of hydrogen-bond acceptors (Lipinski definition) is 6. The van der Waals surface area contributed by atoms with E-state index in [2.05, 4.69) is 52.8 Å². The van der Waals surface area contributed by atoms with Crippen LogP contribution in [0.2, 0.25) is 0 Å². The van der Waals surface area contributed by atoms with E-state index in [0.29, 0.717) is 37.9 Å². The topological polar surface area (TPSA) is 77.4 Å². The number of aliphatic hydroxyl groups is 2. The van der Waals surface area contributed by atoms with E-state index in [0.717, 1.165) is 37.4 Å². The minimum absolute atomic E-state index is 0.428. The summed E-state index contributed by atoms with van der Waals surface area (Å²) in [5.41, 5.74) is 4.95. The van der Waals surface area contributed by atoms with Crippen LogP contribution in [-0.4, -0.2) is 49.7 Å². The van der Waals surface area contributed by atoms with Crippen molar-refractivity contribution in [1.82, 2.24) is 0 Å². The predicted molar refractivity (Wildman–Crippen MR) is 171 cm³/mol. The molecule has 0 bridgehead atoms. The number of fused-ring (bicyclic) bond motifs is 1. The summed E-state index contributed by atoms with van der Waals surface area (Å²) in [7, 11) is 1.69. The van der Waals surface area contributed by atoms with Crippen LogP contribution < -0.4 is 9.47 Å². The number of benzene rings is 2. The Hall–Kier alpha value is -2.12. The number of ether oxygens (including phenoxy) is 4. The van der Waals surface area contributed by atoms with Crippen molar-refractivity contribution in [3.63, 3.8) is 0 Å². The quantitative estimate of drug-likeness (QED) is 0.247. The van der Waals surface area contributed by atoms with Gasteiger partial charge in [0.2, 0.25) is 0 Å². The van der Waals surface area contributed by atoms with Crippen LogP contribution in [0, 0.1) is 0 Å². The fourth-order valence-electron chi connectivity index (χ4n) is 4.29. The SMILES string of the molecule is CC.CCC.CCOC(O)CCc1ccc(OC)c(C(C)C)c1.CCOC(O)CCc1ccc2c(c1)C(C)CCO2. The van der Waals surface area contributed by atoms with Crippen molar-refractivity contribution in [3.05, 3.63) is 58.7 Å². The van der Waals surface area contributed by atoms with E-state index in [4.69, 9.17) is 18.9 Å². The summed E-state index contributed by atoms with van der Waals surface area (Å²) in [4.78, 5) is 0. The third-order valence-electron chi connectivity index (χ3n) is 6.41. The highest BCUT2D eigenvalue weighted by molar-refractivity contribution is 5.41. The van der Waals surface area contributed by atoms with Gasteiger partial charge in [-0.1, -0.05) is 79.2 Å². The summed E-state index contributed by atoms with van der Waals surface area (Å²) in [5.74, 6) is 2.93. The lowest BCUT2D eigenvalue weighted by atomic mass is 9.92. The van der Waals surface area contributed by atoms with Crippen LogP contribution in [0.1, 0.15) is 122 Å². The van der Waals surface area contributed by atoms with Gasteiger partial charge in [0.1, 0.15) is 11.5 Å². The van der Waals surface area contributed by atoms with Crippen molar-refractivity contribution in [3.8, 4) is 11.5 Å². The molecular weight excluding hydrogens is 516 g/mol. The first-order chi connectivity index (χ1) is 19.7. The average molecular weight is 577 g/mol. The molecule has 1 aliphatic rings. The standard InChI is InChI=1S/C15H22O3.C15H24O3.C3H8.C2H6/c1-3-17-15(16)7-5-12-4-6-14-13(10-12)11(2)8-9-18-14;1-5-18-15(16)9-7-12-6-8-14(17-4)13(10-12)11(2)3;1-3-2;1-2/h4,6,10-11,15-16H,3,5,7-9H2,1-2H3;6,8,10-11,15-16H,5,7,9H2,1-4H3;3H2,1-2H3;1-2H3. The zero-order valence-electron chi connectivity index (χ0n) is 27.7. The summed E-state index contributed by atoms with van der Waals surface area (Å²) in [6.07, 6.45) is 3.92. The monoisotopic (exact) mass is 576 g/mol. The molecule has 2 N–H and O–H groups in total. The normalized spacial score (nSPS) is 15.0. The third kappa shape index (κ3) is 15.6. The molecule has 0 radical (unpaired) electrons. The first kappa shape index (κ1) is 38.9. The first-order valence-electron chi connectivity index (χ1n) is 15.7. The number of methoxy groups -OCH3 is 1. The van der Waals surface area contributed by atoms with Crippen molar-refractivity contribution < 1.29 is 29.2 Å². The highest BCUT2D eigenvalue weighted by Gasteiger charge is 2.18. The molecule has 41 heavy (non-hydrogen) atoms. The highest BCUT2D eigenvalue weighted by Crippen LogP contribution is 2.34. The molecule has 0 fully saturated rings. The lowest BCUT2D eigenvalue weighted by Crippen LogP contribution is -2.14. The summed E-state index contributed by atoms with van der Waals surface area (Å²) >= 11 is 0. The Morgan fingerprint density at radius 1 is 0.854 bits per heavy atom. The molecule has 3 rings (SSSR count). The van der Waals surface area contributed by atoms with Crippen LogP contribution in [0.3, 0.4) is 0 Å². The molecule has 6 heteroatoms. The van der Waals surface area contributed by atoms with Crippen molar-refractivity contribution in [2.45, 2.75) is 125 Å². The van der Waals surface area contributed by atoms with Gasteiger partial charge in [-0.15, -0.1) is 0 Å². The van der Waals surface area contributed by atoms with Crippen molar-refractivity contribution >= 4 is 0 Å². The van der Waals surface area contributed by atoms with E-state index >= 15 is 0 Å². The molecule has 0 spiro atoms. The Morgan fingerprint density at radius 3 is 1.85 bits per heavy atom. The maximum absolute atomic E-state index is 9.55. The molecule has 1 aliphatic heterocycles. The molecule has 0 amide bonds. The van der Waals surface area contributed by atoms with E-state index in [-0.39, 0.29) is 0 Å². The van der Waals surface area contributed by atoms with Crippen LogP contribution in [0.5, 0.6) is 11.5 Å². The average Bonchev–Trinajstić information content (AvgIpc) is 2.97. The molecule has 236 valence electrons. The molecule has 2 aromatic rings. The highest BCUT2D eigenvalue weighted by atomic mass is 16.6. The second-order valence-electron chi connectivity index (χ2n) is 10.2. The third-order valence-corrected chi connectivity index (χ3v) is 6.41. The van der Waals surface area contributed by atoms with E-state index in [1.807, 2.05) is 45.9 Å². The lowest BCUT2D eigenvalue weighted by Gasteiger charge is -2.23. The lowest BCUT2D eigenvalue weighted by molar-refractivity contribution is -0.0984. The second kappa shape index (κ2) is 23.4. The Morgan fingerprint density at radius 2 is 1.37 bits per heavy atom. The van der Waals surface area contributed by atoms with E-state index in [9.17, 15) is 10.2 Å². The minimum atomic E-state index is -0.667. The Bertz CT molecular complexity index is 862. The van der Waals surface area contributed by atoms with Gasteiger partial charge in [0.25, 0.3) is 0 Å². The Kier molecular flexibility index (Phi) is 22.2. The molecule has 3 unspecified atom stereocenters. The fraction of sp³-hybridized carbons (Fsp3) is 0.657. The van der Waals surface area contributed by atoms with E-state index in [1.54, 1.807) is 7.11 Å². The minimum Gasteiger partial charge on any atom is -0.496 e. The predicted octanol–water partition coefficient (Wildman–Crippen LogP) is 8.41. The van der Waals surface area contributed by atoms with Gasteiger partial charge in [-0.3, -0.25) is 0 Å². The fourth-order valence-corrected chi connectivity index (χ4v) is 4.29. The van der Waals surface area contributed by atoms with Crippen molar-refractivity contribution in [2.24, 2.45) is 0 Å². The molecular formula is C35H60O6. The maximum Gasteiger partial charge on any atom is 0.154 e. The molecule has 0 saturated heterocycles. The van der Waals surface area contributed by atoms with Crippen molar-refractivity contribution in [1.29, 1.82) is 0 Å². The molecule has 3 atom stereocenters. The van der Waals surface area contributed by atoms with Gasteiger partial charge < -0.3 is 29.2 Å². The first-order valence-corrected chi connectivity index (χ1v) is 15.7. The molecule has 0 aliphatic carbocycles. The number of hydrogen-bond donors (Lipinski definition) is 2. The van der Waals surface area contributed by atoms with Crippen LogP contribution in [0.4, 0.5) is 0 Å². The smallest absolute Gasteiger partial charge is 0.154 e. The van der Waals surface area contributed by atoms with Gasteiger partial charge in [-0.2, -0.15) is 0 Å². The molecule has 1 heterocycles. The Labute approximate surface area is 251 Å². The van der Waals surface area contributed by atoms with Gasteiger partial charge in [0.05, 0.1) is 13.7 Å². The summed E-state index contributed by atoms with van der Waals surface area (Å²) < 4.78 is 21.2. The molecule has 0 aromatic heterocycles. The van der Waals surface area contributed by atoms with Crippen LogP contribution in [0.15, 0.2) is 36.4 Å². The van der Waals surface area contributed by atoms with Gasteiger partial charge in [0, 0.05) is 26.1 Å².